The van der Waals surface area contributed by atoms with Crippen LogP contribution < -0.4 is 10.1 Å². The number of Topliss-reactive ketones (excluding diaryl/α,β-unsaturated/α-hetero) is 1. The van der Waals surface area contributed by atoms with E-state index in [1.807, 2.05) is 19.1 Å². The Morgan fingerprint density at radius 1 is 0.926 bits per heavy atom. The largest absolute Gasteiger partial charge is 0.484 e. The van der Waals surface area contributed by atoms with Crippen LogP contribution in [-0.4, -0.2) is 37.9 Å². The van der Waals surface area contributed by atoms with E-state index < -0.39 is 0 Å². The molecule has 6 nitrogen and oxygen atoms in total. The van der Waals surface area contributed by atoms with Gasteiger partial charge in [0.2, 0.25) is 0 Å². The minimum Gasteiger partial charge on any atom is -0.484 e. The molecule has 0 aromatic heterocycles. The molecule has 0 bridgehead atoms. The van der Waals surface area contributed by atoms with Crippen LogP contribution in [0.3, 0.4) is 0 Å². The molecule has 6 heteroatoms. The Bertz CT molecular complexity index is 781. The maximum Gasteiger partial charge on any atom is 0.337 e. The van der Waals surface area contributed by atoms with Crippen LogP contribution in [-0.2, 0) is 16.0 Å². The van der Waals surface area contributed by atoms with Crippen LogP contribution in [0, 0.1) is 0 Å². The zero-order valence-corrected chi connectivity index (χ0v) is 15.5. The fourth-order valence-electron chi connectivity index (χ4n) is 2.41. The summed E-state index contributed by atoms with van der Waals surface area (Å²) in [4.78, 5) is 34.8. The second-order valence-corrected chi connectivity index (χ2v) is 5.88. The highest BCUT2D eigenvalue weighted by Crippen LogP contribution is 2.13. The molecule has 0 heterocycles. The number of ether oxygens (including phenoxy) is 2. The van der Waals surface area contributed by atoms with Crippen molar-refractivity contribution in [3.63, 3.8) is 0 Å². The van der Waals surface area contributed by atoms with Gasteiger partial charge in [0.05, 0.1) is 12.7 Å². The minimum atomic E-state index is -0.376. The van der Waals surface area contributed by atoms with Gasteiger partial charge in [-0.1, -0.05) is 19.1 Å². The molecule has 0 atom stereocenters. The number of ketones is 1. The van der Waals surface area contributed by atoms with Crippen molar-refractivity contribution in [1.29, 1.82) is 0 Å². The van der Waals surface area contributed by atoms with Gasteiger partial charge in [0.15, 0.2) is 12.4 Å². The first-order valence-electron chi connectivity index (χ1n) is 8.73. The van der Waals surface area contributed by atoms with E-state index in [4.69, 9.17) is 4.74 Å². The fraction of sp³-hybridized carbons (Fsp3) is 0.286. The molecule has 2 rings (SSSR count). The summed E-state index contributed by atoms with van der Waals surface area (Å²) in [5.41, 5.74) is 2.12. The minimum absolute atomic E-state index is 0.0684. The Kier molecular flexibility index (Phi) is 7.55. The highest BCUT2D eigenvalue weighted by atomic mass is 16.5. The van der Waals surface area contributed by atoms with Gasteiger partial charge in [0, 0.05) is 18.5 Å². The van der Waals surface area contributed by atoms with Gasteiger partial charge in [-0.25, -0.2) is 4.79 Å². The molecule has 0 unspecified atom stereocenters. The first-order valence-corrected chi connectivity index (χ1v) is 8.73. The number of hydrogen-bond acceptors (Lipinski definition) is 5. The lowest BCUT2D eigenvalue weighted by Crippen LogP contribution is -2.30. The van der Waals surface area contributed by atoms with Crippen LogP contribution in [0.5, 0.6) is 5.75 Å². The summed E-state index contributed by atoms with van der Waals surface area (Å²) < 4.78 is 10.1. The zero-order chi connectivity index (χ0) is 19.6. The summed E-state index contributed by atoms with van der Waals surface area (Å²) in [6.45, 7) is 2.18. The number of carbonyl (C=O) groups is 3. The second-order valence-electron chi connectivity index (χ2n) is 5.88. The summed E-state index contributed by atoms with van der Waals surface area (Å²) in [7, 11) is 1.34. The normalized spacial score (nSPS) is 10.1. The highest BCUT2D eigenvalue weighted by molar-refractivity contribution is 5.95. The molecule has 0 saturated carbocycles. The van der Waals surface area contributed by atoms with Gasteiger partial charge < -0.3 is 14.8 Å². The summed E-state index contributed by atoms with van der Waals surface area (Å²) in [6, 6.07) is 13.8. The predicted octanol–water partition coefficient (Wildman–Crippen LogP) is 2.80. The van der Waals surface area contributed by atoms with E-state index in [-0.39, 0.29) is 24.3 Å². The quantitative estimate of drug-likeness (QED) is 0.543. The van der Waals surface area contributed by atoms with Crippen LogP contribution in [0.2, 0.25) is 0 Å². The number of methoxy groups -OCH3 is 1. The number of esters is 1. The van der Waals surface area contributed by atoms with Crippen LogP contribution in [0.25, 0.3) is 0 Å². The number of amides is 1. The summed E-state index contributed by atoms with van der Waals surface area (Å²) in [6.07, 6.45) is 1.09. The molecule has 1 amide bonds. The van der Waals surface area contributed by atoms with Gasteiger partial charge in [-0.2, -0.15) is 0 Å². The first kappa shape index (κ1) is 20.2. The SMILES string of the molecule is CCC(=O)c1ccc(OCC(=O)NCCc2ccc(C(=O)OC)cc2)cc1. The molecule has 0 saturated heterocycles. The standard InChI is InChI=1S/C21H23NO5/c1-3-19(23)16-8-10-18(11-9-16)27-14-20(24)22-13-12-15-4-6-17(7-5-15)21(25)26-2/h4-11H,3,12-14H2,1-2H3,(H,22,24). The number of rotatable bonds is 9. The second kappa shape index (κ2) is 10.1. The molecule has 0 aliphatic rings. The van der Waals surface area contributed by atoms with Crippen LogP contribution in [0.1, 0.15) is 39.6 Å². The van der Waals surface area contributed by atoms with E-state index in [0.717, 1.165) is 5.56 Å². The number of nitrogens with one attached hydrogen (secondary N) is 1. The lowest BCUT2D eigenvalue weighted by atomic mass is 10.1. The third kappa shape index (κ3) is 6.26. The van der Waals surface area contributed by atoms with Gasteiger partial charge >= 0.3 is 5.97 Å². The predicted molar refractivity (Wildman–Crippen MR) is 101 cm³/mol. The molecule has 27 heavy (non-hydrogen) atoms. The Morgan fingerprint density at radius 3 is 2.15 bits per heavy atom. The lowest BCUT2D eigenvalue weighted by molar-refractivity contribution is -0.123. The summed E-state index contributed by atoms with van der Waals surface area (Å²) in [5, 5.41) is 2.78. The summed E-state index contributed by atoms with van der Waals surface area (Å²) >= 11 is 0. The highest BCUT2D eigenvalue weighted by Gasteiger charge is 2.06. The summed E-state index contributed by atoms with van der Waals surface area (Å²) in [5.74, 6) is 0.00380. The lowest BCUT2D eigenvalue weighted by Gasteiger charge is -2.08. The van der Waals surface area contributed by atoms with Crippen LogP contribution >= 0.6 is 0 Å². The van der Waals surface area contributed by atoms with Gasteiger partial charge in [-0.15, -0.1) is 0 Å². The topological polar surface area (TPSA) is 81.7 Å². The van der Waals surface area contributed by atoms with Gasteiger partial charge in [-0.05, 0) is 48.4 Å². The van der Waals surface area contributed by atoms with Gasteiger partial charge in [0.1, 0.15) is 5.75 Å². The average Bonchev–Trinajstić information content (AvgIpc) is 2.72. The molecular weight excluding hydrogens is 346 g/mol. The van der Waals surface area contributed by atoms with Gasteiger partial charge in [0.25, 0.3) is 5.91 Å². The van der Waals surface area contributed by atoms with Gasteiger partial charge in [-0.3, -0.25) is 9.59 Å². The zero-order valence-electron chi connectivity index (χ0n) is 15.5. The maximum atomic E-state index is 11.9. The smallest absolute Gasteiger partial charge is 0.337 e. The molecule has 2 aromatic rings. The Hall–Kier alpha value is -3.15. The number of carbonyl (C=O) groups excluding carboxylic acids is 3. The van der Waals surface area contributed by atoms with Crippen molar-refractivity contribution >= 4 is 17.7 Å². The van der Waals surface area contributed by atoms with E-state index in [2.05, 4.69) is 10.1 Å². The number of hydrogen-bond donors (Lipinski definition) is 1. The van der Waals surface area contributed by atoms with Crippen LogP contribution in [0.4, 0.5) is 0 Å². The Morgan fingerprint density at radius 2 is 1.56 bits per heavy atom. The third-order valence-corrected chi connectivity index (χ3v) is 3.98. The maximum absolute atomic E-state index is 11.9. The third-order valence-electron chi connectivity index (χ3n) is 3.98. The average molecular weight is 369 g/mol. The van der Waals surface area contributed by atoms with Crippen molar-refractivity contribution < 1.29 is 23.9 Å². The molecule has 0 aliphatic heterocycles. The molecule has 2 aromatic carbocycles. The van der Waals surface area contributed by atoms with Crippen LogP contribution in [0.15, 0.2) is 48.5 Å². The first-order chi connectivity index (χ1) is 13.0. The molecule has 0 spiro atoms. The van der Waals surface area contributed by atoms with E-state index in [0.29, 0.717) is 36.3 Å². The Balaban J connectivity index is 1.71. The molecular formula is C21H23NO5. The molecule has 1 N–H and O–H groups in total. The van der Waals surface area contributed by atoms with E-state index >= 15 is 0 Å². The van der Waals surface area contributed by atoms with E-state index in [1.165, 1.54) is 7.11 Å². The Labute approximate surface area is 158 Å². The van der Waals surface area contributed by atoms with Crippen molar-refractivity contribution in [3.8, 4) is 5.75 Å². The van der Waals surface area contributed by atoms with Crippen molar-refractivity contribution in [2.75, 3.05) is 20.3 Å². The van der Waals surface area contributed by atoms with E-state index in [9.17, 15) is 14.4 Å². The molecule has 0 fully saturated rings. The van der Waals surface area contributed by atoms with E-state index in [1.54, 1.807) is 36.4 Å². The van der Waals surface area contributed by atoms with Crippen molar-refractivity contribution in [1.82, 2.24) is 5.32 Å². The number of benzene rings is 2. The molecule has 0 aliphatic carbocycles. The fourth-order valence-corrected chi connectivity index (χ4v) is 2.41. The molecule has 0 radical (unpaired) electrons. The monoisotopic (exact) mass is 369 g/mol. The molecule has 142 valence electrons. The van der Waals surface area contributed by atoms with Crippen molar-refractivity contribution in [3.05, 3.63) is 65.2 Å². The van der Waals surface area contributed by atoms with Crippen molar-refractivity contribution in [2.24, 2.45) is 0 Å². The van der Waals surface area contributed by atoms with Crippen molar-refractivity contribution in [2.45, 2.75) is 19.8 Å².